The largest absolute Gasteiger partial charge is 0.481 e. The Labute approximate surface area is 665 Å². The SMILES string of the molecule is CC[C@H](C)[C@H](NC(=O)[C@H](C)NC(=O)CN)C(=O)N[C@@H](CC(C)C)C(=O)N[C@H](C(=O)N[C@@H](CCC(=O)O)C(=O)N[C@@H](CCC(=O)N[C@@H](CCSC)C(=O)N[C@@H](Cc1ccccc1)C(=O)NCCC(=O)N[C@@H](CCCNC(=N)N)C(=O)N[C@@H](CCCN)C(=O)N[C@@H](CO)C(=O)N[C@H](C(=O)N[C@H]([C]=O)CC(N)=O)[C@@H](C)O)C(=O)O)C(C)C. The Morgan fingerprint density at radius 3 is 1.50 bits per heavy atom. The lowest BCUT2D eigenvalue weighted by atomic mass is 9.96. The summed E-state index contributed by atoms with van der Waals surface area (Å²) in [6.45, 7) is 10.6. The van der Waals surface area contributed by atoms with Gasteiger partial charge in [0.05, 0.1) is 25.7 Å². The van der Waals surface area contributed by atoms with E-state index in [0.29, 0.717) is 12.0 Å². The number of hydrogen-bond donors (Lipinski definition) is 24. The maximum Gasteiger partial charge on any atom is 0.326 e. The Morgan fingerprint density at radius 1 is 0.500 bits per heavy atom. The predicted molar refractivity (Wildman–Crippen MR) is 414 cm³/mol. The van der Waals surface area contributed by atoms with Gasteiger partial charge < -0.3 is 123 Å². The van der Waals surface area contributed by atoms with E-state index in [9.17, 15) is 107 Å². The van der Waals surface area contributed by atoms with Gasteiger partial charge in [0.15, 0.2) is 5.96 Å². The molecule has 0 bridgehead atoms. The fourth-order valence-electron chi connectivity index (χ4n) is 10.9. The molecule has 1 aromatic rings. The van der Waals surface area contributed by atoms with Gasteiger partial charge in [0.1, 0.15) is 78.5 Å². The van der Waals surface area contributed by atoms with Gasteiger partial charge in [-0.1, -0.05) is 78.3 Å². The molecule has 0 aliphatic rings. The van der Waals surface area contributed by atoms with Crippen molar-refractivity contribution in [2.45, 2.75) is 230 Å². The summed E-state index contributed by atoms with van der Waals surface area (Å²) in [6, 6.07) is -11.2. The topological polar surface area (TPSA) is 697 Å². The number of benzene rings is 1. The lowest BCUT2D eigenvalue weighted by Gasteiger charge is -2.30. The molecule has 0 fully saturated rings. The molecule has 1 radical (unpaired) electrons. The molecule has 28 N–H and O–H groups in total. The Hall–Kier alpha value is -10.7. The first kappa shape index (κ1) is 101. The number of carboxylic acids is 2. The van der Waals surface area contributed by atoms with Crippen LogP contribution in [0.3, 0.4) is 0 Å². The average molecular weight is 1630 g/mol. The number of aliphatic hydroxyl groups is 2. The van der Waals surface area contributed by atoms with Crippen LogP contribution in [0.1, 0.15) is 144 Å². The van der Waals surface area contributed by atoms with Crippen molar-refractivity contribution in [1.29, 1.82) is 5.41 Å². The zero-order chi connectivity index (χ0) is 86.5. The third kappa shape index (κ3) is 39.7. The van der Waals surface area contributed by atoms with E-state index in [-0.39, 0.29) is 69.7 Å². The first-order valence-corrected chi connectivity index (χ1v) is 38.7. The van der Waals surface area contributed by atoms with Gasteiger partial charge in [0, 0.05) is 38.8 Å². The van der Waals surface area contributed by atoms with E-state index < -0.39 is 261 Å². The standard InChI is InChI=1S/C71H117N20O22S/c1-10-38(6)57(90-59(101)39(7)79-54(98)33-73)68(110)87-48(30-36(2)3)65(107)89-56(37(4)5)67(109)84-45(21-23-55(99)100)63(105)85-47(70(112)113)20-22-52(96)82-46(25-29-114-9)64(106)86-49(31-41-16-12-11-13-17-41)60(102)77-28-24-53(97)81-43(19-15-27-78-71(75)76)61(103)83-44(18-14-26-72)62(104)88-50(35-93)66(108)91-58(40(8)94)69(111)80-42(34-92)32-51(74)95/h11-13,16-17,36-40,42-50,56-58,93-94H,10,14-15,18-33,35,72-73H2,1-9H3,(H2,74,95)(H,77,102)(H,79,98)(H,80,111)(H,81,97)(H,82,96)(H,83,103)(H,84,109)(H,85,105)(H,86,106)(H,87,110)(H,88,104)(H,89,107)(H,90,101)(H,91,108)(H,99,100)(H,112,113)(H4,75,76,78)/t38-,39-,40+,42-,43-,44-,45-,46-,47-,48-,49-,50-,56-,57-,58-/m0/s1. The van der Waals surface area contributed by atoms with Gasteiger partial charge in [0.25, 0.3) is 0 Å². The van der Waals surface area contributed by atoms with Gasteiger partial charge in [-0.3, -0.25) is 86.9 Å². The molecule has 0 aliphatic heterocycles. The van der Waals surface area contributed by atoms with Crippen molar-refractivity contribution in [2.24, 2.45) is 40.7 Å². The molecule has 1 rings (SSSR count). The first-order valence-electron chi connectivity index (χ1n) is 37.3. The summed E-state index contributed by atoms with van der Waals surface area (Å²) in [4.78, 5) is 238. The molecule has 15 amide bonds. The summed E-state index contributed by atoms with van der Waals surface area (Å²) in [7, 11) is 0. The van der Waals surface area contributed by atoms with Crippen molar-refractivity contribution in [3.05, 3.63) is 35.9 Å². The molecule has 0 unspecified atom stereocenters. The summed E-state index contributed by atoms with van der Waals surface area (Å²) < 4.78 is 0. The maximum atomic E-state index is 14.3. The van der Waals surface area contributed by atoms with Crippen LogP contribution in [0.25, 0.3) is 0 Å². The quantitative estimate of drug-likeness (QED) is 0.0164. The van der Waals surface area contributed by atoms with E-state index in [0.717, 1.165) is 6.92 Å². The highest BCUT2D eigenvalue weighted by molar-refractivity contribution is 7.98. The zero-order valence-electron chi connectivity index (χ0n) is 65.7. The number of aliphatic hydroxyl groups excluding tert-OH is 2. The average Bonchev–Trinajstić information content (AvgIpc) is 0.846. The second-order valence-corrected chi connectivity index (χ2v) is 28.8. The number of nitrogens with one attached hydrogen (secondary N) is 16. The highest BCUT2D eigenvalue weighted by Crippen LogP contribution is 2.15. The van der Waals surface area contributed by atoms with Gasteiger partial charge in [-0.05, 0) is 107 Å². The number of hydrogen-bond acceptors (Lipinski definition) is 24. The summed E-state index contributed by atoms with van der Waals surface area (Å²) >= 11 is 1.28. The molecule has 114 heavy (non-hydrogen) atoms. The third-order valence-electron chi connectivity index (χ3n) is 17.4. The number of guanidine groups is 1. The maximum absolute atomic E-state index is 14.3. The monoisotopic (exact) mass is 1630 g/mol. The number of amides is 15. The molecule has 15 atom stereocenters. The van der Waals surface area contributed by atoms with Crippen molar-refractivity contribution in [3.63, 3.8) is 0 Å². The predicted octanol–water partition coefficient (Wildman–Crippen LogP) is -7.39. The Bertz CT molecular complexity index is 3410. The van der Waals surface area contributed by atoms with E-state index in [1.54, 1.807) is 64.3 Å². The molecular weight excluding hydrogens is 1520 g/mol. The van der Waals surface area contributed by atoms with E-state index in [4.69, 9.17) is 28.3 Å². The van der Waals surface area contributed by atoms with Crippen molar-refractivity contribution in [2.75, 3.05) is 44.8 Å². The van der Waals surface area contributed by atoms with Crippen molar-refractivity contribution in [3.8, 4) is 0 Å². The normalized spacial score (nSPS) is 15.0. The lowest BCUT2D eigenvalue weighted by Crippen LogP contribution is -2.61. The number of primary amides is 1. The minimum absolute atomic E-state index is 0.00766. The molecule has 0 saturated carbocycles. The molecule has 0 spiro atoms. The fraction of sp³-hybridized carbons (Fsp3) is 0.648. The van der Waals surface area contributed by atoms with E-state index >= 15 is 0 Å². The summed E-state index contributed by atoms with van der Waals surface area (Å²) in [5.74, 6) is -18.6. The molecule has 0 aliphatic carbocycles. The number of rotatable bonds is 57. The number of carbonyl (C=O) groups excluding carboxylic acids is 16. The lowest BCUT2D eigenvalue weighted by molar-refractivity contribution is -0.143. The summed E-state index contributed by atoms with van der Waals surface area (Å²) in [5.41, 5.74) is 22.2. The van der Waals surface area contributed by atoms with E-state index in [2.05, 4.69) is 79.8 Å². The molecular formula is C71H117N20O22S. The second kappa shape index (κ2) is 54.1. The van der Waals surface area contributed by atoms with Crippen LogP contribution < -0.4 is 103 Å². The van der Waals surface area contributed by atoms with Crippen molar-refractivity contribution >= 4 is 125 Å². The molecule has 0 aromatic heterocycles. The van der Waals surface area contributed by atoms with Crippen LogP contribution in [0.5, 0.6) is 0 Å². The summed E-state index contributed by atoms with van der Waals surface area (Å²) in [6.07, 6.45) is -2.24. The molecule has 0 heterocycles. The number of carboxylic acid groups (broad SMARTS) is 2. The number of carbonyl (C=O) groups is 17. The first-order chi connectivity index (χ1) is 53.7. The zero-order valence-corrected chi connectivity index (χ0v) is 66.5. The summed E-state index contributed by atoms with van der Waals surface area (Å²) in [5, 5.41) is 84.8. The van der Waals surface area contributed by atoms with Crippen LogP contribution in [-0.2, 0) is 92.7 Å². The highest BCUT2D eigenvalue weighted by Gasteiger charge is 2.38. The molecule has 639 valence electrons. The van der Waals surface area contributed by atoms with Crippen LogP contribution in [-0.4, -0.2) is 263 Å². The Morgan fingerprint density at radius 2 is 0.982 bits per heavy atom. The molecule has 1 aromatic carbocycles. The van der Waals surface area contributed by atoms with E-state index in [1.807, 2.05) is 0 Å². The Balaban J connectivity index is 3.42. The van der Waals surface area contributed by atoms with Gasteiger partial charge in [0.2, 0.25) is 94.9 Å². The number of thioether (sulfide) groups is 1. The van der Waals surface area contributed by atoms with Gasteiger partial charge in [-0.2, -0.15) is 11.8 Å². The van der Waals surface area contributed by atoms with Crippen molar-refractivity contribution < 1.29 is 107 Å². The number of aliphatic carboxylic acids is 2. The molecule has 42 nitrogen and oxygen atoms in total. The van der Waals surface area contributed by atoms with Crippen LogP contribution >= 0.6 is 11.8 Å². The minimum Gasteiger partial charge on any atom is -0.481 e. The van der Waals surface area contributed by atoms with Crippen LogP contribution in [0.15, 0.2) is 30.3 Å². The van der Waals surface area contributed by atoms with Crippen LogP contribution in [0, 0.1) is 23.2 Å². The van der Waals surface area contributed by atoms with Gasteiger partial charge in [-0.25, -0.2) is 4.79 Å². The van der Waals surface area contributed by atoms with Crippen LogP contribution in [0.2, 0.25) is 0 Å². The smallest absolute Gasteiger partial charge is 0.326 e. The molecule has 43 heteroatoms. The second-order valence-electron chi connectivity index (χ2n) is 27.8. The van der Waals surface area contributed by atoms with Crippen molar-refractivity contribution in [1.82, 2.24) is 79.8 Å². The van der Waals surface area contributed by atoms with Crippen LogP contribution in [0.4, 0.5) is 0 Å². The minimum atomic E-state index is -1.87. The molecule has 0 saturated heterocycles. The number of nitrogens with two attached hydrogens (primary N) is 4. The van der Waals surface area contributed by atoms with Gasteiger partial charge >= 0.3 is 11.9 Å². The van der Waals surface area contributed by atoms with E-state index in [1.165, 1.54) is 38.8 Å². The Kier molecular flexibility index (Phi) is 48.1. The highest BCUT2D eigenvalue weighted by atomic mass is 32.2. The fourth-order valence-corrected chi connectivity index (χ4v) is 11.3. The third-order valence-corrected chi connectivity index (χ3v) is 18.1. The van der Waals surface area contributed by atoms with Gasteiger partial charge in [-0.15, -0.1) is 0 Å².